The fourth-order valence-corrected chi connectivity index (χ4v) is 2.41. The normalized spacial score (nSPS) is 27.3. The Morgan fingerprint density at radius 3 is 2.89 bits per heavy atom. The molecule has 0 bridgehead atoms. The molecule has 1 heterocycles. The van der Waals surface area contributed by atoms with Crippen LogP contribution in [-0.2, 0) is 16.1 Å². The van der Waals surface area contributed by atoms with Crippen molar-refractivity contribution in [1.29, 1.82) is 0 Å². The molecule has 0 aliphatic carbocycles. The van der Waals surface area contributed by atoms with Crippen LogP contribution in [0, 0.1) is 5.92 Å². The van der Waals surface area contributed by atoms with Gasteiger partial charge in [-0.15, -0.1) is 6.58 Å². The van der Waals surface area contributed by atoms with Gasteiger partial charge in [0.15, 0.2) is 0 Å². The number of hydrogen-bond donors (Lipinski definition) is 0. The highest BCUT2D eigenvalue weighted by atomic mass is 16.5. The second-order valence-electron chi connectivity index (χ2n) is 5.03. The molecule has 2 nitrogen and oxygen atoms in total. The lowest BCUT2D eigenvalue weighted by Crippen LogP contribution is -2.21. The van der Waals surface area contributed by atoms with Crippen LogP contribution in [0.4, 0.5) is 0 Å². The van der Waals surface area contributed by atoms with Crippen LogP contribution in [0.2, 0.25) is 0 Å². The van der Waals surface area contributed by atoms with Gasteiger partial charge in [-0.1, -0.05) is 43.3 Å². The highest BCUT2D eigenvalue weighted by molar-refractivity contribution is 5.13. The molecule has 2 rings (SSSR count). The van der Waals surface area contributed by atoms with Gasteiger partial charge in [-0.05, 0) is 24.3 Å². The summed E-state index contributed by atoms with van der Waals surface area (Å²) >= 11 is 0. The highest BCUT2D eigenvalue weighted by Gasteiger charge is 2.31. The van der Waals surface area contributed by atoms with Crippen molar-refractivity contribution in [2.24, 2.45) is 5.92 Å². The summed E-state index contributed by atoms with van der Waals surface area (Å²) in [6.07, 6.45) is 4.57. The predicted octanol–water partition coefficient (Wildman–Crippen LogP) is 3.57. The summed E-state index contributed by atoms with van der Waals surface area (Å²) in [4.78, 5) is 0. The van der Waals surface area contributed by atoms with Gasteiger partial charge in [0.25, 0.3) is 0 Å². The van der Waals surface area contributed by atoms with Crippen molar-refractivity contribution in [3.8, 4) is 0 Å². The van der Waals surface area contributed by atoms with Gasteiger partial charge in [0.1, 0.15) is 0 Å². The molecule has 0 radical (unpaired) electrons. The van der Waals surface area contributed by atoms with Crippen LogP contribution in [0.5, 0.6) is 0 Å². The molecule has 1 aliphatic rings. The van der Waals surface area contributed by atoms with E-state index in [-0.39, 0.29) is 6.10 Å². The minimum Gasteiger partial charge on any atom is -0.374 e. The summed E-state index contributed by atoms with van der Waals surface area (Å²) in [7, 11) is 0. The fraction of sp³-hybridized carbons (Fsp3) is 0.500. The van der Waals surface area contributed by atoms with E-state index < -0.39 is 0 Å². The molecule has 3 atom stereocenters. The van der Waals surface area contributed by atoms with Crippen LogP contribution in [-0.4, -0.2) is 18.8 Å². The van der Waals surface area contributed by atoms with Gasteiger partial charge in [0.2, 0.25) is 0 Å². The van der Waals surface area contributed by atoms with Crippen molar-refractivity contribution in [1.82, 2.24) is 0 Å². The van der Waals surface area contributed by atoms with E-state index >= 15 is 0 Å². The first-order valence-corrected chi connectivity index (χ1v) is 6.67. The zero-order chi connectivity index (χ0) is 12.8. The van der Waals surface area contributed by atoms with Crippen LogP contribution in [0.1, 0.15) is 25.3 Å². The van der Waals surface area contributed by atoms with Gasteiger partial charge < -0.3 is 9.47 Å². The molecule has 1 aromatic carbocycles. The van der Waals surface area contributed by atoms with Crippen molar-refractivity contribution in [2.45, 2.75) is 38.6 Å². The second kappa shape index (κ2) is 6.72. The van der Waals surface area contributed by atoms with E-state index in [9.17, 15) is 0 Å². The first kappa shape index (κ1) is 13.3. The predicted molar refractivity (Wildman–Crippen MR) is 73.4 cm³/mol. The Bertz CT molecular complexity index is 361. The average molecular weight is 246 g/mol. The van der Waals surface area contributed by atoms with Crippen molar-refractivity contribution in [2.75, 3.05) is 6.61 Å². The summed E-state index contributed by atoms with van der Waals surface area (Å²) in [6.45, 7) is 7.35. The van der Waals surface area contributed by atoms with E-state index in [0.717, 1.165) is 12.8 Å². The standard InChI is InChI=1S/C16H22O2/c1-3-7-15-10-13(2)16(18-15)12-17-11-14-8-5-4-6-9-14/h3-6,8-9,13,15-16H,1,7,10-12H2,2H3/t13-,15+,16+/m0/s1. The fourth-order valence-electron chi connectivity index (χ4n) is 2.41. The maximum absolute atomic E-state index is 5.96. The van der Waals surface area contributed by atoms with Gasteiger partial charge in [0, 0.05) is 0 Å². The van der Waals surface area contributed by atoms with Crippen LogP contribution in [0.15, 0.2) is 43.0 Å². The molecular weight excluding hydrogens is 224 g/mol. The maximum Gasteiger partial charge on any atom is 0.0838 e. The van der Waals surface area contributed by atoms with E-state index in [2.05, 4.69) is 25.6 Å². The van der Waals surface area contributed by atoms with Crippen LogP contribution in [0.25, 0.3) is 0 Å². The Hall–Kier alpha value is -1.12. The highest BCUT2D eigenvalue weighted by Crippen LogP contribution is 2.28. The lowest BCUT2D eigenvalue weighted by Gasteiger charge is -2.15. The average Bonchev–Trinajstić information content (AvgIpc) is 2.72. The lowest BCUT2D eigenvalue weighted by atomic mass is 10.0. The SMILES string of the molecule is C=CC[C@@H]1C[C@H](C)[C@@H](COCc2ccccc2)O1. The lowest BCUT2D eigenvalue weighted by molar-refractivity contribution is -0.0280. The molecule has 0 spiro atoms. The zero-order valence-corrected chi connectivity index (χ0v) is 11.0. The Labute approximate surface area is 110 Å². The summed E-state index contributed by atoms with van der Waals surface area (Å²) in [5.74, 6) is 0.575. The molecule has 1 aromatic rings. The number of benzene rings is 1. The molecular formula is C16H22O2. The summed E-state index contributed by atoms with van der Waals surface area (Å²) in [5, 5.41) is 0. The molecule has 18 heavy (non-hydrogen) atoms. The maximum atomic E-state index is 5.96. The molecule has 0 aromatic heterocycles. The van der Waals surface area contributed by atoms with E-state index in [1.165, 1.54) is 5.56 Å². The van der Waals surface area contributed by atoms with Crippen molar-refractivity contribution < 1.29 is 9.47 Å². The molecule has 0 saturated carbocycles. The van der Waals surface area contributed by atoms with Crippen LogP contribution in [0.3, 0.4) is 0 Å². The Kier molecular flexibility index (Phi) is 4.97. The molecule has 2 heteroatoms. The van der Waals surface area contributed by atoms with E-state index in [4.69, 9.17) is 9.47 Å². The molecule has 0 amide bonds. The van der Waals surface area contributed by atoms with Gasteiger partial charge in [-0.2, -0.15) is 0 Å². The van der Waals surface area contributed by atoms with Crippen LogP contribution < -0.4 is 0 Å². The molecule has 98 valence electrons. The zero-order valence-electron chi connectivity index (χ0n) is 11.0. The largest absolute Gasteiger partial charge is 0.374 e. The molecule has 0 N–H and O–H groups in total. The van der Waals surface area contributed by atoms with Gasteiger partial charge in [-0.3, -0.25) is 0 Å². The third-order valence-electron chi connectivity index (χ3n) is 3.46. The molecule has 1 fully saturated rings. The van der Waals surface area contributed by atoms with Gasteiger partial charge in [0.05, 0.1) is 25.4 Å². The third-order valence-corrected chi connectivity index (χ3v) is 3.46. The van der Waals surface area contributed by atoms with Crippen molar-refractivity contribution >= 4 is 0 Å². The summed E-state index contributed by atoms with van der Waals surface area (Å²) in [6, 6.07) is 10.3. The number of rotatable bonds is 6. The Morgan fingerprint density at radius 1 is 1.39 bits per heavy atom. The third kappa shape index (κ3) is 3.69. The monoisotopic (exact) mass is 246 g/mol. The minimum atomic E-state index is 0.235. The van der Waals surface area contributed by atoms with Crippen molar-refractivity contribution in [3.63, 3.8) is 0 Å². The first-order valence-electron chi connectivity index (χ1n) is 6.67. The molecule has 1 saturated heterocycles. The minimum absolute atomic E-state index is 0.235. The first-order chi connectivity index (χ1) is 8.79. The van der Waals surface area contributed by atoms with Crippen molar-refractivity contribution in [3.05, 3.63) is 48.6 Å². The smallest absolute Gasteiger partial charge is 0.0838 e. The van der Waals surface area contributed by atoms with Gasteiger partial charge >= 0.3 is 0 Å². The van der Waals surface area contributed by atoms with Crippen LogP contribution >= 0.6 is 0 Å². The Morgan fingerprint density at radius 2 is 2.17 bits per heavy atom. The topological polar surface area (TPSA) is 18.5 Å². The van der Waals surface area contributed by atoms with Gasteiger partial charge in [-0.25, -0.2) is 0 Å². The Balaban J connectivity index is 1.72. The quantitative estimate of drug-likeness (QED) is 0.714. The molecule has 0 unspecified atom stereocenters. The summed E-state index contributed by atoms with van der Waals surface area (Å²) in [5.41, 5.74) is 1.21. The molecule has 1 aliphatic heterocycles. The van der Waals surface area contributed by atoms with E-state index in [0.29, 0.717) is 25.2 Å². The van der Waals surface area contributed by atoms with E-state index in [1.807, 2.05) is 24.3 Å². The van der Waals surface area contributed by atoms with E-state index in [1.54, 1.807) is 0 Å². The number of hydrogen-bond acceptors (Lipinski definition) is 2. The number of ether oxygens (including phenoxy) is 2. The summed E-state index contributed by atoms with van der Waals surface area (Å²) < 4.78 is 11.7. The second-order valence-corrected chi connectivity index (χ2v) is 5.03.